The Bertz CT molecular complexity index is 147. The zero-order chi connectivity index (χ0) is 10.9. The van der Waals surface area contributed by atoms with Gasteiger partial charge in [0.25, 0.3) is 0 Å². The fraction of sp³-hybridized carbons (Fsp3) is 1.00. The number of hydrogen-bond donors (Lipinski definition) is 0. The van der Waals surface area contributed by atoms with Gasteiger partial charge in [-0.3, -0.25) is 4.90 Å². The minimum Gasteiger partial charge on any atom is -0.299 e. The van der Waals surface area contributed by atoms with Crippen LogP contribution in [0.4, 0.5) is 0 Å². The lowest BCUT2D eigenvalue weighted by molar-refractivity contribution is 0.0978. The lowest BCUT2D eigenvalue weighted by atomic mass is 9.87. The first kappa shape index (κ1) is 13.0. The van der Waals surface area contributed by atoms with Crippen LogP contribution in [0.5, 0.6) is 0 Å². The van der Waals surface area contributed by atoms with Gasteiger partial charge in [0.2, 0.25) is 0 Å². The van der Waals surface area contributed by atoms with Gasteiger partial charge in [-0.05, 0) is 46.6 Å². The highest BCUT2D eigenvalue weighted by Crippen LogP contribution is 2.25. The summed E-state index contributed by atoms with van der Waals surface area (Å²) >= 11 is 0. The standard InChI is InChI=1S/C12H27N/c1-10(9-11(2,3)4)13(8)12(5,6)7/h10H,9H2,1-8H3. The smallest absolute Gasteiger partial charge is 0.0124 e. The van der Waals surface area contributed by atoms with Crippen molar-refractivity contribution in [3.8, 4) is 0 Å². The van der Waals surface area contributed by atoms with Gasteiger partial charge in [-0.1, -0.05) is 20.8 Å². The fourth-order valence-corrected chi connectivity index (χ4v) is 1.68. The molecule has 0 aromatic carbocycles. The molecule has 0 aromatic heterocycles. The van der Waals surface area contributed by atoms with Crippen LogP contribution < -0.4 is 0 Å². The van der Waals surface area contributed by atoms with Gasteiger partial charge in [0.1, 0.15) is 0 Å². The van der Waals surface area contributed by atoms with Crippen molar-refractivity contribution in [3.63, 3.8) is 0 Å². The van der Waals surface area contributed by atoms with Crippen molar-refractivity contribution in [2.24, 2.45) is 5.41 Å². The summed E-state index contributed by atoms with van der Waals surface area (Å²) in [7, 11) is 2.22. The molecule has 0 aliphatic carbocycles. The Kier molecular flexibility index (Phi) is 3.98. The highest BCUT2D eigenvalue weighted by molar-refractivity contribution is 4.80. The van der Waals surface area contributed by atoms with Gasteiger partial charge >= 0.3 is 0 Å². The lowest BCUT2D eigenvalue weighted by Gasteiger charge is -2.39. The summed E-state index contributed by atoms with van der Waals surface area (Å²) in [5, 5.41) is 0. The topological polar surface area (TPSA) is 3.24 Å². The van der Waals surface area contributed by atoms with Crippen LogP contribution in [0, 0.1) is 5.41 Å². The average Bonchev–Trinajstić information content (AvgIpc) is 1.79. The van der Waals surface area contributed by atoms with E-state index in [0.29, 0.717) is 11.5 Å². The van der Waals surface area contributed by atoms with Crippen molar-refractivity contribution in [1.29, 1.82) is 0 Å². The van der Waals surface area contributed by atoms with Gasteiger partial charge in [-0.25, -0.2) is 0 Å². The van der Waals surface area contributed by atoms with Gasteiger partial charge in [0.05, 0.1) is 0 Å². The highest BCUT2D eigenvalue weighted by atomic mass is 15.2. The van der Waals surface area contributed by atoms with E-state index in [0.717, 1.165) is 0 Å². The first-order valence-electron chi connectivity index (χ1n) is 5.27. The van der Waals surface area contributed by atoms with Crippen LogP contribution in [0.3, 0.4) is 0 Å². The molecule has 0 N–H and O–H groups in total. The summed E-state index contributed by atoms with van der Waals surface area (Å²) in [6, 6.07) is 0.653. The van der Waals surface area contributed by atoms with E-state index in [1.165, 1.54) is 6.42 Å². The van der Waals surface area contributed by atoms with Gasteiger partial charge in [0.15, 0.2) is 0 Å². The fourth-order valence-electron chi connectivity index (χ4n) is 1.68. The van der Waals surface area contributed by atoms with Gasteiger partial charge in [0, 0.05) is 11.6 Å². The van der Waals surface area contributed by atoms with Crippen molar-refractivity contribution >= 4 is 0 Å². The third-order valence-electron chi connectivity index (χ3n) is 2.63. The number of hydrogen-bond acceptors (Lipinski definition) is 1. The van der Waals surface area contributed by atoms with E-state index in [-0.39, 0.29) is 5.54 Å². The Morgan fingerprint density at radius 1 is 1.00 bits per heavy atom. The normalized spacial score (nSPS) is 16.4. The van der Waals surface area contributed by atoms with E-state index >= 15 is 0 Å². The SMILES string of the molecule is CC(CC(C)(C)C)N(C)C(C)(C)C. The molecule has 0 spiro atoms. The molecule has 1 heteroatoms. The lowest BCUT2D eigenvalue weighted by Crippen LogP contribution is -2.45. The summed E-state index contributed by atoms with van der Waals surface area (Å²) in [6.07, 6.45) is 1.25. The molecule has 13 heavy (non-hydrogen) atoms. The molecule has 0 bridgehead atoms. The van der Waals surface area contributed by atoms with Crippen LogP contribution in [0.25, 0.3) is 0 Å². The van der Waals surface area contributed by atoms with E-state index in [1.807, 2.05) is 0 Å². The van der Waals surface area contributed by atoms with Crippen LogP contribution in [-0.4, -0.2) is 23.5 Å². The summed E-state index contributed by atoms with van der Waals surface area (Å²) in [4.78, 5) is 2.46. The molecule has 1 unspecified atom stereocenters. The monoisotopic (exact) mass is 185 g/mol. The third kappa shape index (κ3) is 5.30. The molecule has 1 atom stereocenters. The maximum absolute atomic E-state index is 2.46. The van der Waals surface area contributed by atoms with Gasteiger partial charge < -0.3 is 0 Å². The molecule has 0 fully saturated rings. The van der Waals surface area contributed by atoms with E-state index in [9.17, 15) is 0 Å². The quantitative estimate of drug-likeness (QED) is 0.636. The molecule has 0 saturated carbocycles. The second-order valence-corrected chi connectivity index (χ2v) is 6.40. The average molecular weight is 185 g/mol. The predicted molar refractivity (Wildman–Crippen MR) is 61.1 cm³/mol. The summed E-state index contributed by atoms with van der Waals surface area (Å²) < 4.78 is 0. The molecule has 0 radical (unpaired) electrons. The van der Waals surface area contributed by atoms with Crippen molar-refractivity contribution in [1.82, 2.24) is 4.90 Å². The zero-order valence-corrected chi connectivity index (χ0v) is 10.7. The second kappa shape index (κ2) is 4.00. The molecule has 1 nitrogen and oxygen atoms in total. The number of rotatable bonds is 2. The Balaban J connectivity index is 4.20. The molecular formula is C12H27N. The maximum Gasteiger partial charge on any atom is 0.0124 e. The van der Waals surface area contributed by atoms with E-state index in [4.69, 9.17) is 0 Å². The number of nitrogens with zero attached hydrogens (tertiary/aromatic N) is 1. The largest absolute Gasteiger partial charge is 0.299 e. The maximum atomic E-state index is 2.46. The zero-order valence-electron chi connectivity index (χ0n) is 10.7. The van der Waals surface area contributed by atoms with Crippen molar-refractivity contribution < 1.29 is 0 Å². The van der Waals surface area contributed by atoms with Crippen molar-refractivity contribution in [3.05, 3.63) is 0 Å². The molecule has 0 aliphatic rings. The Hall–Kier alpha value is -0.0400. The minimum atomic E-state index is 0.282. The molecule has 0 aliphatic heterocycles. The third-order valence-corrected chi connectivity index (χ3v) is 2.63. The van der Waals surface area contributed by atoms with Gasteiger partial charge in [-0.15, -0.1) is 0 Å². The Morgan fingerprint density at radius 3 is 1.62 bits per heavy atom. The molecule has 0 heterocycles. The molecule has 0 rings (SSSR count). The van der Waals surface area contributed by atoms with Crippen LogP contribution >= 0.6 is 0 Å². The van der Waals surface area contributed by atoms with Crippen LogP contribution in [0.2, 0.25) is 0 Å². The first-order chi connectivity index (χ1) is 5.54. The molecule has 0 saturated heterocycles. The van der Waals surface area contributed by atoms with Gasteiger partial charge in [-0.2, -0.15) is 0 Å². The van der Waals surface area contributed by atoms with E-state index < -0.39 is 0 Å². The predicted octanol–water partition coefficient (Wildman–Crippen LogP) is 3.54. The van der Waals surface area contributed by atoms with Crippen molar-refractivity contribution in [2.45, 2.75) is 66.5 Å². The molecule has 80 valence electrons. The van der Waals surface area contributed by atoms with E-state index in [1.54, 1.807) is 0 Å². The van der Waals surface area contributed by atoms with Crippen LogP contribution in [0.1, 0.15) is 54.9 Å². The van der Waals surface area contributed by atoms with Crippen molar-refractivity contribution in [2.75, 3.05) is 7.05 Å². The summed E-state index contributed by atoms with van der Waals surface area (Å²) in [5.74, 6) is 0. The van der Waals surface area contributed by atoms with E-state index in [2.05, 4.69) is 60.4 Å². The Labute approximate surface area is 84.5 Å². The molecular weight excluding hydrogens is 158 g/mol. The molecule has 0 amide bonds. The van der Waals surface area contributed by atoms with Crippen LogP contribution in [0.15, 0.2) is 0 Å². The summed E-state index contributed by atoms with van der Waals surface area (Å²) in [6.45, 7) is 16.0. The summed E-state index contributed by atoms with van der Waals surface area (Å²) in [5.41, 5.74) is 0.712. The Morgan fingerprint density at radius 2 is 1.38 bits per heavy atom. The second-order valence-electron chi connectivity index (χ2n) is 6.40. The highest BCUT2D eigenvalue weighted by Gasteiger charge is 2.25. The molecule has 0 aromatic rings. The minimum absolute atomic E-state index is 0.282. The van der Waals surface area contributed by atoms with Crippen LogP contribution in [-0.2, 0) is 0 Å². The first-order valence-corrected chi connectivity index (χ1v) is 5.27.